The number of rotatable bonds is 4. The highest BCUT2D eigenvalue weighted by molar-refractivity contribution is 7.89. The average molecular weight is 354 g/mol. The van der Waals surface area contributed by atoms with Crippen LogP contribution in [0.15, 0.2) is 41.3 Å². The molecule has 1 unspecified atom stereocenters. The summed E-state index contributed by atoms with van der Waals surface area (Å²) in [4.78, 5) is -0.541. The lowest BCUT2D eigenvalue weighted by Crippen LogP contribution is -2.27. The molecule has 0 amide bonds. The highest BCUT2D eigenvalue weighted by atomic mass is 32.2. The summed E-state index contributed by atoms with van der Waals surface area (Å²) in [6.45, 7) is 0.769. The van der Waals surface area contributed by atoms with Crippen LogP contribution in [0.1, 0.15) is 23.6 Å². The van der Waals surface area contributed by atoms with Crippen molar-refractivity contribution in [1.29, 1.82) is 0 Å². The molecule has 1 aliphatic heterocycles. The lowest BCUT2D eigenvalue weighted by molar-refractivity contribution is 0.251. The first-order chi connectivity index (χ1) is 11.3. The summed E-state index contributed by atoms with van der Waals surface area (Å²) in [7, 11) is -4.13. The van der Waals surface area contributed by atoms with Gasteiger partial charge in [-0.2, -0.15) is 0 Å². The van der Waals surface area contributed by atoms with Crippen molar-refractivity contribution in [2.24, 2.45) is 5.14 Å². The van der Waals surface area contributed by atoms with Crippen LogP contribution < -0.4 is 15.2 Å². The quantitative estimate of drug-likeness (QED) is 0.882. The summed E-state index contributed by atoms with van der Waals surface area (Å²) in [5.41, 5.74) is 1.26. The van der Waals surface area contributed by atoms with E-state index in [2.05, 4.69) is 5.32 Å². The van der Waals surface area contributed by atoms with Gasteiger partial charge in [-0.15, -0.1) is 0 Å². The number of hydrogen-bond donors (Lipinski definition) is 2. The Balaban J connectivity index is 1.79. The Hall–Kier alpha value is -2.03. The van der Waals surface area contributed by atoms with Gasteiger partial charge in [0, 0.05) is 24.6 Å². The molecule has 1 heterocycles. The summed E-state index contributed by atoms with van der Waals surface area (Å²) in [5.74, 6) is -0.631. The second kappa shape index (κ2) is 6.46. The Labute approximate surface area is 138 Å². The van der Waals surface area contributed by atoms with Crippen LogP contribution in [0.3, 0.4) is 0 Å². The van der Waals surface area contributed by atoms with Crippen LogP contribution in [-0.2, 0) is 16.6 Å². The number of nitrogens with two attached hydrogens (primary N) is 1. The Morgan fingerprint density at radius 2 is 2.00 bits per heavy atom. The van der Waals surface area contributed by atoms with Crippen molar-refractivity contribution in [2.45, 2.75) is 23.9 Å². The maximum absolute atomic E-state index is 13.6. The highest BCUT2D eigenvalue weighted by Gasteiger charge is 2.22. The zero-order valence-corrected chi connectivity index (χ0v) is 13.4. The maximum atomic E-state index is 13.6. The van der Waals surface area contributed by atoms with E-state index in [1.807, 2.05) is 0 Å². The SMILES string of the molecule is NS(=O)(=O)c1cc(CNC2CCOc3ccc(F)cc32)ccc1F. The number of benzene rings is 2. The molecule has 1 atom stereocenters. The smallest absolute Gasteiger partial charge is 0.240 e. The number of ether oxygens (including phenoxy) is 1. The minimum Gasteiger partial charge on any atom is -0.493 e. The lowest BCUT2D eigenvalue weighted by Gasteiger charge is -2.27. The van der Waals surface area contributed by atoms with Crippen molar-refractivity contribution < 1.29 is 21.9 Å². The molecular formula is C16H16F2N2O3S. The van der Waals surface area contributed by atoms with Crippen molar-refractivity contribution in [3.8, 4) is 5.75 Å². The maximum Gasteiger partial charge on any atom is 0.240 e. The van der Waals surface area contributed by atoms with E-state index < -0.39 is 20.7 Å². The van der Waals surface area contributed by atoms with Crippen molar-refractivity contribution >= 4 is 10.0 Å². The molecule has 24 heavy (non-hydrogen) atoms. The van der Waals surface area contributed by atoms with Gasteiger partial charge in [-0.1, -0.05) is 6.07 Å². The Bertz CT molecular complexity index is 872. The number of nitrogens with one attached hydrogen (secondary N) is 1. The number of halogens is 2. The predicted octanol–water partition coefficient (Wildman–Crippen LogP) is 2.23. The fourth-order valence-electron chi connectivity index (χ4n) is 2.69. The van der Waals surface area contributed by atoms with Crippen LogP contribution in [0.5, 0.6) is 5.75 Å². The van der Waals surface area contributed by atoms with Gasteiger partial charge in [0.15, 0.2) is 0 Å². The number of fused-ring (bicyclic) bond motifs is 1. The Kier molecular flexibility index (Phi) is 4.53. The van der Waals surface area contributed by atoms with Crippen LogP contribution in [0.4, 0.5) is 8.78 Å². The van der Waals surface area contributed by atoms with E-state index in [1.54, 1.807) is 6.07 Å². The zero-order valence-electron chi connectivity index (χ0n) is 12.6. The van der Waals surface area contributed by atoms with Gasteiger partial charge in [0.05, 0.1) is 6.61 Å². The van der Waals surface area contributed by atoms with Crippen LogP contribution in [-0.4, -0.2) is 15.0 Å². The largest absolute Gasteiger partial charge is 0.493 e. The second-order valence-electron chi connectivity index (χ2n) is 5.56. The number of hydrogen-bond acceptors (Lipinski definition) is 4. The van der Waals surface area contributed by atoms with E-state index in [0.717, 1.165) is 6.07 Å². The van der Waals surface area contributed by atoms with Gasteiger partial charge in [-0.25, -0.2) is 22.3 Å². The van der Waals surface area contributed by atoms with E-state index in [1.165, 1.54) is 24.3 Å². The van der Waals surface area contributed by atoms with Crippen LogP contribution >= 0.6 is 0 Å². The second-order valence-corrected chi connectivity index (χ2v) is 7.09. The van der Waals surface area contributed by atoms with Crippen LogP contribution in [0.2, 0.25) is 0 Å². The van der Waals surface area contributed by atoms with E-state index in [9.17, 15) is 17.2 Å². The third-order valence-corrected chi connectivity index (χ3v) is 4.79. The molecule has 1 aliphatic rings. The molecule has 0 bridgehead atoms. The normalized spacial score (nSPS) is 17.2. The molecule has 128 valence electrons. The predicted molar refractivity (Wildman–Crippen MR) is 83.9 cm³/mol. The molecule has 2 aromatic carbocycles. The molecule has 2 aromatic rings. The molecule has 3 N–H and O–H groups in total. The van der Waals surface area contributed by atoms with Gasteiger partial charge in [0.1, 0.15) is 22.3 Å². The Morgan fingerprint density at radius 1 is 1.21 bits per heavy atom. The topological polar surface area (TPSA) is 81.4 Å². The third kappa shape index (κ3) is 3.55. The van der Waals surface area contributed by atoms with Crippen molar-refractivity contribution in [1.82, 2.24) is 5.32 Å². The van der Waals surface area contributed by atoms with Crippen LogP contribution in [0, 0.1) is 11.6 Å². The van der Waals surface area contributed by atoms with Crippen molar-refractivity contribution in [2.75, 3.05) is 6.61 Å². The van der Waals surface area contributed by atoms with E-state index in [-0.39, 0.29) is 18.4 Å². The fraction of sp³-hybridized carbons (Fsp3) is 0.250. The lowest BCUT2D eigenvalue weighted by atomic mass is 10.00. The van der Waals surface area contributed by atoms with Gasteiger partial charge in [0.25, 0.3) is 0 Å². The van der Waals surface area contributed by atoms with Gasteiger partial charge in [0.2, 0.25) is 10.0 Å². The number of primary sulfonamides is 1. The third-order valence-electron chi connectivity index (χ3n) is 3.87. The van der Waals surface area contributed by atoms with Gasteiger partial charge >= 0.3 is 0 Å². The van der Waals surface area contributed by atoms with Gasteiger partial charge < -0.3 is 10.1 Å². The van der Waals surface area contributed by atoms with Crippen molar-refractivity contribution in [3.05, 3.63) is 59.2 Å². The first kappa shape index (κ1) is 16.8. The first-order valence-corrected chi connectivity index (χ1v) is 8.86. The zero-order chi connectivity index (χ0) is 17.3. The minimum atomic E-state index is -4.13. The molecule has 0 radical (unpaired) electrons. The molecule has 0 fully saturated rings. The molecule has 0 spiro atoms. The van der Waals surface area contributed by atoms with E-state index >= 15 is 0 Å². The average Bonchev–Trinajstić information content (AvgIpc) is 2.53. The molecule has 0 saturated carbocycles. The van der Waals surface area contributed by atoms with Gasteiger partial charge in [-0.05, 0) is 35.9 Å². The highest BCUT2D eigenvalue weighted by Crippen LogP contribution is 2.32. The molecule has 0 aliphatic carbocycles. The number of sulfonamides is 1. The molecule has 3 rings (SSSR count). The summed E-state index contributed by atoms with van der Waals surface area (Å²) in [6, 6.07) is 7.91. The van der Waals surface area contributed by atoms with Gasteiger partial charge in [-0.3, -0.25) is 0 Å². The molecule has 0 saturated heterocycles. The van der Waals surface area contributed by atoms with E-state index in [0.29, 0.717) is 29.9 Å². The molecule has 8 heteroatoms. The van der Waals surface area contributed by atoms with E-state index in [4.69, 9.17) is 9.88 Å². The Morgan fingerprint density at radius 3 is 2.75 bits per heavy atom. The molecular weight excluding hydrogens is 338 g/mol. The summed E-state index contributed by atoms with van der Waals surface area (Å²) < 4.78 is 55.3. The first-order valence-electron chi connectivity index (χ1n) is 7.31. The standard InChI is InChI=1S/C16H16F2N2O3S/c17-11-2-4-15-12(8-11)14(5-6-23-15)20-9-10-1-3-13(18)16(7-10)24(19,21)22/h1-4,7-8,14,20H,5-6,9H2,(H2,19,21,22). The fourth-order valence-corrected chi connectivity index (χ4v) is 3.35. The van der Waals surface area contributed by atoms with Crippen LogP contribution in [0.25, 0.3) is 0 Å². The summed E-state index contributed by atoms with van der Waals surface area (Å²) >= 11 is 0. The molecule has 5 nitrogen and oxygen atoms in total. The van der Waals surface area contributed by atoms with Crippen molar-refractivity contribution in [3.63, 3.8) is 0 Å². The summed E-state index contributed by atoms with van der Waals surface area (Å²) in [5, 5.41) is 8.21. The minimum absolute atomic E-state index is 0.146. The summed E-state index contributed by atoms with van der Waals surface area (Å²) in [6.07, 6.45) is 0.639. The molecule has 0 aromatic heterocycles. The monoisotopic (exact) mass is 354 g/mol.